The molecule has 2 heterocycles. The Hall–Kier alpha value is -1.68. The molecule has 0 bridgehead atoms. The van der Waals surface area contributed by atoms with E-state index in [2.05, 4.69) is 30.7 Å². The van der Waals surface area contributed by atoms with Gasteiger partial charge < -0.3 is 39.8 Å². The second-order valence-corrected chi connectivity index (χ2v) is 7.81. The van der Waals surface area contributed by atoms with Crippen LogP contribution in [0.1, 0.15) is 26.3 Å². The highest BCUT2D eigenvalue weighted by atomic mass is 16.7. The monoisotopic (exact) mass is 408 g/mol. The third kappa shape index (κ3) is 4.74. The van der Waals surface area contributed by atoms with Crippen LogP contribution >= 0.6 is 0 Å². The van der Waals surface area contributed by atoms with Gasteiger partial charge in [0.1, 0.15) is 30.2 Å². The molecule has 1 fully saturated rings. The van der Waals surface area contributed by atoms with Crippen LogP contribution in [0.2, 0.25) is 0 Å². The molecule has 0 aliphatic carbocycles. The van der Waals surface area contributed by atoms with Gasteiger partial charge >= 0.3 is 0 Å². The zero-order valence-electron chi connectivity index (χ0n) is 17.2. The zero-order chi connectivity index (χ0) is 21.1. The molecule has 0 saturated carbocycles. The molecule has 1 aliphatic rings. The van der Waals surface area contributed by atoms with E-state index < -0.39 is 37.3 Å². The molecule has 5 N–H and O–H groups in total. The lowest BCUT2D eigenvalue weighted by Gasteiger charge is -2.39. The van der Waals surface area contributed by atoms with Crippen LogP contribution in [-0.4, -0.2) is 86.8 Å². The fourth-order valence-electron chi connectivity index (χ4n) is 3.78. The van der Waals surface area contributed by atoms with Crippen molar-refractivity contribution in [1.29, 1.82) is 0 Å². The number of fused-ring (bicyclic) bond motifs is 1. The SMILES string of the molecule is CCN(CCc1c[nH]c2ccc(OC3OC(CO)C(O)C(O)C3O)cc12)C(C)C. The van der Waals surface area contributed by atoms with E-state index in [-0.39, 0.29) is 0 Å². The van der Waals surface area contributed by atoms with Crippen LogP contribution in [0.4, 0.5) is 0 Å². The molecule has 2 aromatic rings. The number of likely N-dealkylation sites (N-methyl/N-ethyl adjacent to an activating group) is 1. The highest BCUT2D eigenvalue weighted by molar-refractivity contribution is 5.84. The summed E-state index contributed by atoms with van der Waals surface area (Å²) in [5.74, 6) is 0.471. The number of nitrogens with zero attached hydrogens (tertiary/aromatic N) is 1. The predicted octanol–water partition coefficient (Wildman–Crippen LogP) is 0.619. The number of aliphatic hydroxyl groups excluding tert-OH is 4. The number of rotatable bonds is 8. The number of H-pyrrole nitrogens is 1. The van der Waals surface area contributed by atoms with Crippen molar-refractivity contribution in [2.75, 3.05) is 19.7 Å². The Morgan fingerprint density at radius 1 is 1.17 bits per heavy atom. The average Bonchev–Trinajstić information content (AvgIpc) is 3.11. The van der Waals surface area contributed by atoms with E-state index in [0.717, 1.165) is 30.4 Å². The first-order valence-corrected chi connectivity index (χ1v) is 10.2. The Morgan fingerprint density at radius 3 is 2.59 bits per heavy atom. The molecule has 1 aromatic carbocycles. The molecular formula is C21H32N2O6. The summed E-state index contributed by atoms with van der Waals surface area (Å²) in [6.07, 6.45) is -3.61. The molecule has 1 aromatic heterocycles. The third-order valence-electron chi connectivity index (χ3n) is 5.64. The van der Waals surface area contributed by atoms with E-state index in [1.807, 2.05) is 18.3 Å². The maximum absolute atomic E-state index is 10.2. The maximum Gasteiger partial charge on any atom is 0.229 e. The molecular weight excluding hydrogens is 376 g/mol. The standard InChI is InChI=1S/C21H32N2O6/c1-4-23(12(2)3)8-7-13-10-22-16-6-5-14(9-15(13)16)28-21-20(27)19(26)18(25)17(11-24)29-21/h5-6,9-10,12,17-22,24-27H,4,7-8,11H2,1-3H3. The molecule has 162 valence electrons. The Kier molecular flexibility index (Phi) is 7.15. The molecule has 8 nitrogen and oxygen atoms in total. The first-order valence-electron chi connectivity index (χ1n) is 10.2. The van der Waals surface area contributed by atoms with Crippen molar-refractivity contribution in [3.8, 4) is 5.75 Å². The molecule has 5 atom stereocenters. The van der Waals surface area contributed by atoms with Gasteiger partial charge in [-0.15, -0.1) is 0 Å². The largest absolute Gasteiger partial charge is 0.462 e. The van der Waals surface area contributed by atoms with Crippen LogP contribution in [0.25, 0.3) is 10.9 Å². The van der Waals surface area contributed by atoms with Gasteiger partial charge in [0.05, 0.1) is 6.61 Å². The van der Waals surface area contributed by atoms with Gasteiger partial charge in [-0.3, -0.25) is 0 Å². The second-order valence-electron chi connectivity index (χ2n) is 7.81. The van der Waals surface area contributed by atoms with Gasteiger partial charge in [0, 0.05) is 29.7 Å². The summed E-state index contributed by atoms with van der Waals surface area (Å²) in [4.78, 5) is 5.66. The Labute approximate surface area is 170 Å². The number of hydrogen-bond acceptors (Lipinski definition) is 7. The fraction of sp³-hybridized carbons (Fsp3) is 0.619. The van der Waals surface area contributed by atoms with Gasteiger partial charge in [-0.2, -0.15) is 0 Å². The Balaban J connectivity index is 1.75. The van der Waals surface area contributed by atoms with Gasteiger partial charge in [0.2, 0.25) is 6.29 Å². The normalized spacial score (nSPS) is 27.8. The van der Waals surface area contributed by atoms with E-state index >= 15 is 0 Å². The first kappa shape index (κ1) is 22.0. The van der Waals surface area contributed by atoms with E-state index in [4.69, 9.17) is 9.47 Å². The number of hydrogen-bond donors (Lipinski definition) is 5. The molecule has 0 spiro atoms. The topological polar surface area (TPSA) is 118 Å². The van der Waals surface area contributed by atoms with Crippen LogP contribution < -0.4 is 4.74 Å². The highest BCUT2D eigenvalue weighted by Crippen LogP contribution is 2.28. The van der Waals surface area contributed by atoms with Crippen molar-refractivity contribution in [3.63, 3.8) is 0 Å². The second kappa shape index (κ2) is 9.42. The zero-order valence-corrected chi connectivity index (χ0v) is 17.2. The van der Waals surface area contributed by atoms with E-state index in [9.17, 15) is 20.4 Å². The minimum absolute atomic E-state index is 0.471. The lowest BCUT2D eigenvalue weighted by molar-refractivity contribution is -0.277. The smallest absolute Gasteiger partial charge is 0.229 e. The number of benzene rings is 1. The average molecular weight is 408 g/mol. The quantitative estimate of drug-likeness (QED) is 0.434. The number of ether oxygens (including phenoxy) is 2. The summed E-state index contributed by atoms with van der Waals surface area (Å²) in [7, 11) is 0. The van der Waals surface area contributed by atoms with Crippen LogP contribution in [0, 0.1) is 0 Å². The van der Waals surface area contributed by atoms with Crippen molar-refractivity contribution in [1.82, 2.24) is 9.88 Å². The molecule has 29 heavy (non-hydrogen) atoms. The molecule has 8 heteroatoms. The van der Waals surface area contributed by atoms with Crippen LogP contribution in [0.3, 0.4) is 0 Å². The van der Waals surface area contributed by atoms with Gasteiger partial charge in [0.25, 0.3) is 0 Å². The summed E-state index contributed by atoms with van der Waals surface area (Å²) in [5.41, 5.74) is 2.15. The molecule has 3 rings (SSSR count). The lowest BCUT2D eigenvalue weighted by atomic mass is 9.99. The van der Waals surface area contributed by atoms with E-state index in [0.29, 0.717) is 11.8 Å². The summed E-state index contributed by atoms with van der Waals surface area (Å²) in [6.45, 7) is 7.97. The highest BCUT2D eigenvalue weighted by Gasteiger charge is 2.44. The molecule has 0 amide bonds. The lowest BCUT2D eigenvalue weighted by Crippen LogP contribution is -2.60. The third-order valence-corrected chi connectivity index (χ3v) is 5.64. The molecule has 1 aliphatic heterocycles. The number of aliphatic hydroxyl groups is 4. The Bertz CT molecular complexity index is 793. The van der Waals surface area contributed by atoms with Gasteiger partial charge in [-0.1, -0.05) is 6.92 Å². The Morgan fingerprint density at radius 2 is 1.93 bits per heavy atom. The van der Waals surface area contributed by atoms with Crippen LogP contribution in [0.15, 0.2) is 24.4 Å². The fourth-order valence-corrected chi connectivity index (χ4v) is 3.78. The van der Waals surface area contributed by atoms with E-state index in [1.54, 1.807) is 6.07 Å². The summed E-state index contributed by atoms with van der Waals surface area (Å²) >= 11 is 0. The van der Waals surface area contributed by atoms with Crippen molar-refractivity contribution < 1.29 is 29.9 Å². The first-order chi connectivity index (χ1) is 13.8. The van der Waals surface area contributed by atoms with Crippen molar-refractivity contribution in [2.45, 2.75) is 63.9 Å². The van der Waals surface area contributed by atoms with Gasteiger partial charge in [-0.05, 0) is 50.6 Å². The van der Waals surface area contributed by atoms with Crippen molar-refractivity contribution in [3.05, 3.63) is 30.0 Å². The van der Waals surface area contributed by atoms with Crippen LogP contribution in [-0.2, 0) is 11.2 Å². The molecule has 1 saturated heterocycles. The number of aromatic nitrogens is 1. The number of aromatic amines is 1. The predicted molar refractivity (Wildman–Crippen MR) is 109 cm³/mol. The van der Waals surface area contributed by atoms with Gasteiger partial charge in [-0.25, -0.2) is 0 Å². The minimum atomic E-state index is -1.46. The minimum Gasteiger partial charge on any atom is -0.462 e. The van der Waals surface area contributed by atoms with Gasteiger partial charge in [0.15, 0.2) is 0 Å². The summed E-state index contributed by atoms with van der Waals surface area (Å²) < 4.78 is 11.2. The summed E-state index contributed by atoms with van der Waals surface area (Å²) in [5, 5.41) is 40.4. The van der Waals surface area contributed by atoms with Crippen molar-refractivity contribution >= 4 is 10.9 Å². The van der Waals surface area contributed by atoms with Crippen molar-refractivity contribution in [2.24, 2.45) is 0 Å². The molecule has 0 radical (unpaired) electrons. The van der Waals surface area contributed by atoms with Crippen LogP contribution in [0.5, 0.6) is 5.75 Å². The molecule has 5 unspecified atom stereocenters. The van der Waals surface area contributed by atoms with E-state index in [1.165, 1.54) is 5.56 Å². The summed E-state index contributed by atoms with van der Waals surface area (Å²) in [6, 6.07) is 5.98. The number of nitrogens with one attached hydrogen (secondary N) is 1. The maximum atomic E-state index is 10.2.